The van der Waals surface area contributed by atoms with Crippen molar-refractivity contribution in [1.82, 2.24) is 10.2 Å². The Morgan fingerprint density at radius 2 is 2.06 bits per heavy atom. The van der Waals surface area contributed by atoms with Crippen LogP contribution in [0.2, 0.25) is 0 Å². The van der Waals surface area contributed by atoms with Crippen LogP contribution in [0.5, 0.6) is 0 Å². The number of H-pyrrole nitrogens is 1. The lowest BCUT2D eigenvalue weighted by Crippen LogP contribution is -2.36. The van der Waals surface area contributed by atoms with E-state index in [9.17, 15) is 4.79 Å². The van der Waals surface area contributed by atoms with Crippen molar-refractivity contribution in [2.75, 3.05) is 14.1 Å². The van der Waals surface area contributed by atoms with Crippen LogP contribution in [0.25, 0.3) is 5.69 Å². The van der Waals surface area contributed by atoms with Crippen molar-refractivity contribution in [1.29, 1.82) is 0 Å². The van der Waals surface area contributed by atoms with E-state index in [1.807, 2.05) is 44.4 Å². The van der Waals surface area contributed by atoms with Crippen molar-refractivity contribution in [3.05, 3.63) is 40.8 Å². The van der Waals surface area contributed by atoms with Gasteiger partial charge < -0.3 is 4.90 Å². The summed E-state index contributed by atoms with van der Waals surface area (Å²) < 4.78 is 6.98. The Morgan fingerprint density at radius 3 is 2.67 bits per heavy atom. The van der Waals surface area contributed by atoms with Gasteiger partial charge in [-0.25, -0.2) is 4.79 Å². The molecule has 18 heavy (non-hydrogen) atoms. The summed E-state index contributed by atoms with van der Waals surface area (Å²) in [5.74, 6) is 0. The summed E-state index contributed by atoms with van der Waals surface area (Å²) in [7, 11) is 3.66. The highest BCUT2D eigenvalue weighted by Crippen LogP contribution is 2.14. The normalized spacial score (nSPS) is 10.3. The van der Waals surface area contributed by atoms with Crippen LogP contribution >= 0.6 is 24.0 Å². The Labute approximate surface area is 113 Å². The molecule has 1 heterocycles. The van der Waals surface area contributed by atoms with Crippen LogP contribution in [-0.4, -0.2) is 28.6 Å². The highest BCUT2D eigenvalue weighted by Gasteiger charge is 2.25. The van der Waals surface area contributed by atoms with Crippen LogP contribution in [0.15, 0.2) is 44.7 Å². The zero-order valence-corrected chi connectivity index (χ0v) is 11.5. The third-order valence-electron chi connectivity index (χ3n) is 2.17. The molecule has 0 amide bonds. The molecule has 1 aromatic heterocycles. The Hall–Kier alpha value is -1.60. The Morgan fingerprint density at radius 1 is 1.39 bits per heavy atom. The fourth-order valence-corrected chi connectivity index (χ4v) is 2.22. The van der Waals surface area contributed by atoms with Crippen molar-refractivity contribution >= 4 is 28.3 Å². The maximum atomic E-state index is 11.7. The molecular weight excluding hydrogens is 270 g/mol. The number of nitrogens with zero attached hydrogens (tertiary/aromatic N) is 2. The quantitative estimate of drug-likeness (QED) is 0.509. The summed E-state index contributed by atoms with van der Waals surface area (Å²) >= 11 is 6.37. The molecule has 0 aliphatic carbocycles. The molecule has 0 aliphatic heterocycles. The fourth-order valence-electron chi connectivity index (χ4n) is 1.27. The number of aromatic amines is 1. The lowest BCUT2D eigenvalue weighted by Gasteiger charge is -2.09. The number of hydrogen-bond acceptors (Lipinski definition) is 4. The molecule has 0 fully saturated rings. The van der Waals surface area contributed by atoms with Gasteiger partial charge in [-0.2, -0.15) is 0 Å². The van der Waals surface area contributed by atoms with Gasteiger partial charge in [0.1, 0.15) is 4.32 Å². The number of thioether (sulfide) groups is 1. The highest BCUT2D eigenvalue weighted by atomic mass is 32.2. The predicted octanol–water partition coefficient (Wildman–Crippen LogP) is 1.18. The van der Waals surface area contributed by atoms with Crippen molar-refractivity contribution in [2.24, 2.45) is 0 Å². The molecule has 0 aliphatic rings. The van der Waals surface area contributed by atoms with E-state index in [0.717, 1.165) is 5.69 Å². The van der Waals surface area contributed by atoms with E-state index < -0.39 is 5.63 Å². The van der Waals surface area contributed by atoms with E-state index in [0.29, 0.717) is 9.35 Å². The molecule has 0 saturated heterocycles. The second kappa shape index (κ2) is 5.36. The van der Waals surface area contributed by atoms with Crippen LogP contribution in [-0.2, 0) is 0 Å². The maximum absolute atomic E-state index is 11.7. The summed E-state index contributed by atoms with van der Waals surface area (Å²) in [5, 5.41) is 2.97. The van der Waals surface area contributed by atoms with Crippen molar-refractivity contribution in [3.8, 4) is 5.69 Å². The molecule has 1 aromatic carbocycles. The number of thiocarbonyl (C=S) groups is 1. The molecule has 5 nitrogen and oxygen atoms in total. The Balaban J connectivity index is 2.40. The van der Waals surface area contributed by atoms with Crippen LogP contribution in [0, 0.1) is 0 Å². The third-order valence-corrected chi connectivity index (χ3v) is 3.87. The first-order valence-corrected chi connectivity index (χ1v) is 6.40. The topological polar surface area (TPSA) is 53.1 Å². The zero-order chi connectivity index (χ0) is 13.1. The first-order chi connectivity index (χ1) is 8.59. The molecule has 7 heteroatoms. The lowest BCUT2D eigenvalue weighted by molar-refractivity contribution is -0.704. The zero-order valence-electron chi connectivity index (χ0n) is 9.91. The van der Waals surface area contributed by atoms with Gasteiger partial charge in [-0.15, -0.1) is 0 Å². The second-order valence-corrected chi connectivity index (χ2v) is 5.34. The molecule has 0 bridgehead atoms. The highest BCUT2D eigenvalue weighted by molar-refractivity contribution is 8.22. The first kappa shape index (κ1) is 12.8. The van der Waals surface area contributed by atoms with Gasteiger partial charge in [0, 0.05) is 38.0 Å². The molecule has 94 valence electrons. The number of hydrogen-bond donors (Lipinski definition) is 1. The van der Waals surface area contributed by atoms with Gasteiger partial charge in [0.2, 0.25) is 5.69 Å². The summed E-state index contributed by atoms with van der Waals surface area (Å²) in [4.78, 5) is 13.4. The van der Waals surface area contributed by atoms with Gasteiger partial charge >= 0.3 is 10.7 Å². The average molecular weight is 282 g/mol. The van der Waals surface area contributed by atoms with Crippen molar-refractivity contribution < 1.29 is 9.20 Å². The van der Waals surface area contributed by atoms with Crippen LogP contribution in [0.4, 0.5) is 0 Å². The first-order valence-electron chi connectivity index (χ1n) is 5.17. The van der Waals surface area contributed by atoms with E-state index in [1.165, 1.54) is 11.8 Å². The second-order valence-electron chi connectivity index (χ2n) is 3.72. The summed E-state index contributed by atoms with van der Waals surface area (Å²) in [6.07, 6.45) is 0. The number of nitrogens with one attached hydrogen (secondary N) is 1. The van der Waals surface area contributed by atoms with E-state index in [-0.39, 0.29) is 0 Å². The van der Waals surface area contributed by atoms with Crippen LogP contribution in [0.1, 0.15) is 0 Å². The molecule has 0 spiro atoms. The fraction of sp³-hybridized carbons (Fsp3) is 0.182. The number of aromatic nitrogens is 2. The smallest absolute Gasteiger partial charge is 0.363 e. The molecule has 0 atom stereocenters. The molecule has 2 aromatic rings. The van der Waals surface area contributed by atoms with Crippen molar-refractivity contribution in [2.45, 2.75) is 5.03 Å². The summed E-state index contributed by atoms with van der Waals surface area (Å²) in [5.41, 5.74) is 0.375. The predicted molar refractivity (Wildman–Crippen MR) is 73.0 cm³/mol. The largest absolute Gasteiger partial charge is 0.442 e. The minimum atomic E-state index is -0.437. The van der Waals surface area contributed by atoms with Crippen LogP contribution in [0.3, 0.4) is 0 Å². The number of rotatable bonds is 2. The van der Waals surface area contributed by atoms with Gasteiger partial charge in [0.05, 0.1) is 0 Å². The average Bonchev–Trinajstić information content (AvgIpc) is 2.72. The molecule has 0 saturated carbocycles. The van der Waals surface area contributed by atoms with Gasteiger partial charge in [0.25, 0.3) is 0 Å². The molecule has 0 radical (unpaired) electrons. The number of para-hydroxylation sites is 1. The van der Waals surface area contributed by atoms with Crippen molar-refractivity contribution in [3.63, 3.8) is 0 Å². The maximum Gasteiger partial charge on any atom is 0.442 e. The Kier molecular flexibility index (Phi) is 3.83. The molecule has 1 N–H and O–H groups in total. The third kappa shape index (κ3) is 2.62. The monoisotopic (exact) mass is 282 g/mol. The standard InChI is InChI=1S/C11H11N3O2S2/c1-13(2)11(17)18-9-10(15)16-12-14(9)8-6-4-3-5-7-8/h3-7H,1-2H3/p+1. The molecule has 2 rings (SSSR count). The number of benzene rings is 1. The van der Waals surface area contributed by atoms with Gasteiger partial charge in [0.15, 0.2) is 0 Å². The minimum Gasteiger partial charge on any atom is -0.363 e. The van der Waals surface area contributed by atoms with Gasteiger partial charge in [-0.1, -0.05) is 30.4 Å². The summed E-state index contributed by atoms with van der Waals surface area (Å²) in [6, 6.07) is 9.40. The van der Waals surface area contributed by atoms with Gasteiger partial charge in [-0.3, -0.25) is 4.52 Å². The van der Waals surface area contributed by atoms with Crippen LogP contribution < -0.4 is 10.3 Å². The molecular formula is C11H12N3O2S2+. The summed E-state index contributed by atoms with van der Waals surface area (Å²) in [6.45, 7) is 0. The SMILES string of the molecule is CN(C)C(=S)Sc1c(=O)o[nH][n+]1-c1ccccc1. The van der Waals surface area contributed by atoms with E-state index in [2.05, 4.69) is 5.27 Å². The lowest BCUT2D eigenvalue weighted by atomic mass is 10.3. The van der Waals surface area contributed by atoms with E-state index in [1.54, 1.807) is 9.58 Å². The molecule has 0 unspecified atom stereocenters. The Bertz CT molecular complexity index is 604. The van der Waals surface area contributed by atoms with E-state index >= 15 is 0 Å². The van der Waals surface area contributed by atoms with E-state index in [4.69, 9.17) is 16.7 Å². The minimum absolute atomic E-state index is 0.403. The van der Waals surface area contributed by atoms with Gasteiger partial charge in [-0.05, 0) is 9.95 Å².